The van der Waals surface area contributed by atoms with Crippen LogP contribution >= 0.6 is 0 Å². The fraction of sp³-hybridized carbons (Fsp3) is 0. The molecule has 2 amide bonds. The van der Waals surface area contributed by atoms with Crippen LogP contribution in [0.25, 0.3) is 0 Å². The summed E-state index contributed by atoms with van der Waals surface area (Å²) in [5, 5.41) is 9.93. The van der Waals surface area contributed by atoms with Gasteiger partial charge in [-0.25, -0.2) is 18.4 Å². The zero-order valence-electron chi connectivity index (χ0n) is 9.66. The van der Waals surface area contributed by atoms with E-state index in [-0.39, 0.29) is 4.90 Å². The Bertz CT molecular complexity index is 662. The quantitative estimate of drug-likeness (QED) is 0.792. The van der Waals surface area contributed by atoms with E-state index in [9.17, 15) is 13.2 Å². The minimum atomic E-state index is -3.73. The molecule has 8 heteroatoms. The van der Waals surface area contributed by atoms with E-state index in [1.54, 1.807) is 12.1 Å². The van der Waals surface area contributed by atoms with Crippen LogP contribution in [-0.4, -0.2) is 14.4 Å². The maximum atomic E-state index is 11.5. The van der Waals surface area contributed by atoms with Crippen molar-refractivity contribution in [2.24, 2.45) is 5.14 Å². The molecule has 0 atom stereocenters. The van der Waals surface area contributed by atoms with Gasteiger partial charge in [-0.2, -0.15) is 0 Å². The number of carbonyl (C=O) groups is 1. The number of hydrogen-bond donors (Lipinski definition) is 3. The predicted molar refractivity (Wildman–Crippen MR) is 69.2 cm³/mol. The zero-order valence-corrected chi connectivity index (χ0v) is 10.5. The van der Waals surface area contributed by atoms with Crippen LogP contribution in [0.4, 0.5) is 16.4 Å². The molecule has 100 valence electrons. The summed E-state index contributed by atoms with van der Waals surface area (Å²) >= 11 is 0. The summed E-state index contributed by atoms with van der Waals surface area (Å²) in [4.78, 5) is 11.5. The number of furan rings is 1. The van der Waals surface area contributed by atoms with Crippen molar-refractivity contribution in [1.82, 2.24) is 0 Å². The van der Waals surface area contributed by atoms with Crippen molar-refractivity contribution in [2.75, 3.05) is 10.6 Å². The first kappa shape index (κ1) is 13.1. The van der Waals surface area contributed by atoms with Gasteiger partial charge >= 0.3 is 6.03 Å². The molecule has 0 saturated carbocycles. The van der Waals surface area contributed by atoms with Crippen molar-refractivity contribution in [3.8, 4) is 0 Å². The van der Waals surface area contributed by atoms with E-state index in [4.69, 9.17) is 9.56 Å². The largest absolute Gasteiger partial charge is 0.449 e. The summed E-state index contributed by atoms with van der Waals surface area (Å²) in [6.07, 6.45) is 1.43. The van der Waals surface area contributed by atoms with Crippen LogP contribution in [0.5, 0.6) is 0 Å². The number of anilines is 2. The highest BCUT2D eigenvalue weighted by Crippen LogP contribution is 2.13. The minimum absolute atomic E-state index is 0.0236. The summed E-state index contributed by atoms with van der Waals surface area (Å²) in [7, 11) is -3.73. The van der Waals surface area contributed by atoms with Crippen LogP contribution in [0.15, 0.2) is 52.0 Å². The third kappa shape index (κ3) is 3.57. The number of nitrogens with one attached hydrogen (secondary N) is 2. The zero-order chi connectivity index (χ0) is 13.9. The molecule has 0 fully saturated rings. The number of rotatable bonds is 3. The molecular formula is C11H11N3O4S. The van der Waals surface area contributed by atoms with Crippen LogP contribution in [0.2, 0.25) is 0 Å². The molecule has 0 spiro atoms. The average Bonchev–Trinajstić information content (AvgIpc) is 2.81. The lowest BCUT2D eigenvalue weighted by Gasteiger charge is -2.06. The molecule has 1 heterocycles. The second-order valence-corrected chi connectivity index (χ2v) is 5.19. The van der Waals surface area contributed by atoms with E-state index in [0.717, 1.165) is 0 Å². The first-order chi connectivity index (χ1) is 8.95. The average molecular weight is 281 g/mol. The van der Waals surface area contributed by atoms with Gasteiger partial charge in [0.15, 0.2) is 0 Å². The van der Waals surface area contributed by atoms with Crippen molar-refractivity contribution < 1.29 is 17.6 Å². The highest BCUT2D eigenvalue weighted by molar-refractivity contribution is 7.89. The normalized spacial score (nSPS) is 11.0. The van der Waals surface area contributed by atoms with E-state index in [0.29, 0.717) is 11.6 Å². The topological polar surface area (TPSA) is 114 Å². The minimum Gasteiger partial charge on any atom is -0.449 e. The van der Waals surface area contributed by atoms with E-state index in [1.807, 2.05) is 0 Å². The van der Waals surface area contributed by atoms with E-state index < -0.39 is 16.1 Å². The molecule has 0 aliphatic heterocycles. The molecule has 0 unspecified atom stereocenters. The van der Waals surface area contributed by atoms with Crippen LogP contribution in [-0.2, 0) is 10.0 Å². The van der Waals surface area contributed by atoms with Gasteiger partial charge in [-0.05, 0) is 30.3 Å². The van der Waals surface area contributed by atoms with Gasteiger partial charge < -0.3 is 9.73 Å². The van der Waals surface area contributed by atoms with Crippen LogP contribution in [0.3, 0.4) is 0 Å². The number of urea groups is 1. The molecule has 1 aromatic carbocycles. The SMILES string of the molecule is NS(=O)(=O)c1ccc(NC(=O)Nc2ccco2)cc1. The Morgan fingerprint density at radius 1 is 1.11 bits per heavy atom. The maximum absolute atomic E-state index is 11.5. The summed E-state index contributed by atoms with van der Waals surface area (Å²) in [5.41, 5.74) is 0.427. The third-order valence-electron chi connectivity index (χ3n) is 2.20. The van der Waals surface area contributed by atoms with Crippen molar-refractivity contribution in [3.63, 3.8) is 0 Å². The highest BCUT2D eigenvalue weighted by Gasteiger charge is 2.08. The molecule has 2 aromatic rings. The fourth-order valence-electron chi connectivity index (χ4n) is 1.35. The second-order valence-electron chi connectivity index (χ2n) is 3.63. The first-order valence-electron chi connectivity index (χ1n) is 5.19. The van der Waals surface area contributed by atoms with Crippen molar-refractivity contribution in [1.29, 1.82) is 0 Å². The molecule has 7 nitrogen and oxygen atoms in total. The highest BCUT2D eigenvalue weighted by atomic mass is 32.2. The van der Waals surface area contributed by atoms with E-state index in [1.165, 1.54) is 30.5 Å². The Labute approximate surface area is 109 Å². The van der Waals surface area contributed by atoms with Crippen molar-refractivity contribution >= 4 is 27.6 Å². The van der Waals surface area contributed by atoms with Crippen molar-refractivity contribution in [3.05, 3.63) is 42.7 Å². The molecule has 0 radical (unpaired) electrons. The molecule has 0 aliphatic rings. The Kier molecular flexibility index (Phi) is 3.54. The lowest BCUT2D eigenvalue weighted by molar-refractivity contribution is 0.261. The third-order valence-corrected chi connectivity index (χ3v) is 3.13. The number of hydrogen-bond acceptors (Lipinski definition) is 4. The number of benzene rings is 1. The molecule has 4 N–H and O–H groups in total. The number of primary sulfonamides is 1. The smallest absolute Gasteiger partial charge is 0.326 e. The predicted octanol–water partition coefficient (Wildman–Crippen LogP) is 1.57. The van der Waals surface area contributed by atoms with Gasteiger partial charge in [-0.1, -0.05) is 0 Å². The van der Waals surface area contributed by atoms with Gasteiger partial charge in [0.2, 0.25) is 15.9 Å². The second kappa shape index (κ2) is 5.12. The molecule has 19 heavy (non-hydrogen) atoms. The number of amides is 2. The summed E-state index contributed by atoms with van der Waals surface area (Å²) < 4.78 is 27.0. The number of sulfonamides is 1. The Hall–Kier alpha value is -2.32. The van der Waals surface area contributed by atoms with Gasteiger partial charge in [0.1, 0.15) is 0 Å². The summed E-state index contributed by atoms with van der Waals surface area (Å²) in [5.74, 6) is 0.304. The van der Waals surface area contributed by atoms with Gasteiger partial charge in [-0.15, -0.1) is 0 Å². The van der Waals surface area contributed by atoms with Crippen LogP contribution in [0.1, 0.15) is 0 Å². The van der Waals surface area contributed by atoms with Gasteiger partial charge in [0.25, 0.3) is 0 Å². The molecule has 2 rings (SSSR count). The van der Waals surface area contributed by atoms with Crippen LogP contribution < -0.4 is 15.8 Å². The molecule has 0 saturated heterocycles. The lowest BCUT2D eigenvalue weighted by Crippen LogP contribution is -2.19. The summed E-state index contributed by atoms with van der Waals surface area (Å²) in [6.45, 7) is 0. The van der Waals surface area contributed by atoms with Gasteiger partial charge in [0, 0.05) is 11.8 Å². The van der Waals surface area contributed by atoms with Gasteiger partial charge in [0.05, 0.1) is 11.2 Å². The Balaban J connectivity index is 2.02. The molecule has 0 bridgehead atoms. The number of nitrogens with two attached hydrogens (primary N) is 1. The van der Waals surface area contributed by atoms with E-state index in [2.05, 4.69) is 10.6 Å². The fourth-order valence-corrected chi connectivity index (χ4v) is 1.87. The van der Waals surface area contributed by atoms with Crippen LogP contribution in [0, 0.1) is 0 Å². The number of carbonyl (C=O) groups excluding carboxylic acids is 1. The molecule has 0 aliphatic carbocycles. The summed E-state index contributed by atoms with van der Waals surface area (Å²) in [6, 6.07) is 8.19. The van der Waals surface area contributed by atoms with E-state index >= 15 is 0 Å². The standard InChI is InChI=1S/C11H11N3O4S/c12-19(16,17)9-5-3-8(4-6-9)13-11(15)14-10-2-1-7-18-10/h1-7H,(H2,12,16,17)(H2,13,14,15). The first-order valence-corrected chi connectivity index (χ1v) is 6.74. The Morgan fingerprint density at radius 2 is 1.79 bits per heavy atom. The van der Waals surface area contributed by atoms with Crippen molar-refractivity contribution in [2.45, 2.75) is 4.90 Å². The maximum Gasteiger partial charge on any atom is 0.326 e. The molecular weight excluding hydrogens is 270 g/mol. The lowest BCUT2D eigenvalue weighted by atomic mass is 10.3. The Morgan fingerprint density at radius 3 is 2.32 bits per heavy atom. The monoisotopic (exact) mass is 281 g/mol. The van der Waals surface area contributed by atoms with Gasteiger partial charge in [-0.3, -0.25) is 5.32 Å². The molecule has 1 aromatic heterocycles.